The number of benzene rings is 1. The first-order chi connectivity index (χ1) is 9.63. The summed E-state index contributed by atoms with van der Waals surface area (Å²) in [5, 5.41) is 1.72. The highest BCUT2D eigenvalue weighted by Gasteiger charge is 2.07. The number of fused-ring (bicyclic) bond motifs is 1. The van der Waals surface area contributed by atoms with Crippen molar-refractivity contribution in [1.29, 1.82) is 0 Å². The van der Waals surface area contributed by atoms with Gasteiger partial charge >= 0.3 is 5.97 Å². The third kappa shape index (κ3) is 3.22. The molecule has 0 aliphatic rings. The summed E-state index contributed by atoms with van der Waals surface area (Å²) >= 11 is 5.93. The SMILES string of the molecule is COC(=O)C(=CC=Cc1cc2cc(Cl)ccc2[nH]1)OC. The topological polar surface area (TPSA) is 51.3 Å². The summed E-state index contributed by atoms with van der Waals surface area (Å²) in [5.41, 5.74) is 1.90. The van der Waals surface area contributed by atoms with Crippen LogP contribution >= 0.6 is 11.6 Å². The van der Waals surface area contributed by atoms with E-state index in [1.165, 1.54) is 14.2 Å². The molecule has 1 aromatic heterocycles. The number of aromatic nitrogens is 1. The molecule has 1 N–H and O–H groups in total. The van der Waals surface area contributed by atoms with E-state index in [0.29, 0.717) is 5.02 Å². The Hall–Kier alpha value is -2.20. The average Bonchev–Trinajstić information content (AvgIpc) is 2.84. The molecule has 0 atom stereocenters. The molecule has 0 aliphatic carbocycles. The molecule has 0 amide bonds. The van der Waals surface area contributed by atoms with Crippen LogP contribution in [0.15, 0.2) is 42.2 Å². The molecule has 4 nitrogen and oxygen atoms in total. The summed E-state index contributed by atoms with van der Waals surface area (Å²) in [6.45, 7) is 0. The van der Waals surface area contributed by atoms with Gasteiger partial charge in [0.1, 0.15) is 0 Å². The summed E-state index contributed by atoms with van der Waals surface area (Å²) in [6.07, 6.45) is 5.09. The number of H-pyrrole nitrogens is 1. The molecule has 1 aromatic carbocycles. The van der Waals surface area contributed by atoms with Crippen LogP contribution < -0.4 is 0 Å². The number of carbonyl (C=O) groups is 1. The fourth-order valence-corrected chi connectivity index (χ4v) is 1.96. The van der Waals surface area contributed by atoms with Gasteiger partial charge in [-0.05, 0) is 36.4 Å². The van der Waals surface area contributed by atoms with E-state index in [4.69, 9.17) is 16.3 Å². The smallest absolute Gasteiger partial charge is 0.373 e. The minimum Gasteiger partial charge on any atom is -0.490 e. The first-order valence-corrected chi connectivity index (χ1v) is 6.31. The molecule has 0 aliphatic heterocycles. The van der Waals surface area contributed by atoms with Gasteiger partial charge in [-0.15, -0.1) is 0 Å². The van der Waals surface area contributed by atoms with Crippen LogP contribution in [-0.4, -0.2) is 25.2 Å². The molecule has 104 valence electrons. The van der Waals surface area contributed by atoms with Crippen molar-refractivity contribution < 1.29 is 14.3 Å². The maximum absolute atomic E-state index is 11.3. The van der Waals surface area contributed by atoms with Crippen molar-refractivity contribution in [2.24, 2.45) is 0 Å². The number of halogens is 1. The molecule has 0 bridgehead atoms. The molecule has 20 heavy (non-hydrogen) atoms. The number of carbonyl (C=O) groups excluding carboxylic acids is 1. The Morgan fingerprint density at radius 2 is 2.05 bits per heavy atom. The fourth-order valence-electron chi connectivity index (χ4n) is 1.77. The van der Waals surface area contributed by atoms with Crippen LogP contribution in [0, 0.1) is 0 Å². The molecule has 0 fully saturated rings. The number of hydrogen-bond acceptors (Lipinski definition) is 3. The van der Waals surface area contributed by atoms with Crippen LogP contribution in [0.4, 0.5) is 0 Å². The molecule has 0 saturated heterocycles. The highest BCUT2D eigenvalue weighted by molar-refractivity contribution is 6.31. The molecule has 0 saturated carbocycles. The van der Waals surface area contributed by atoms with Crippen molar-refractivity contribution in [1.82, 2.24) is 4.98 Å². The second kappa shape index (κ2) is 6.30. The minimum absolute atomic E-state index is 0.142. The van der Waals surface area contributed by atoms with Gasteiger partial charge < -0.3 is 14.5 Å². The van der Waals surface area contributed by atoms with Gasteiger partial charge in [0, 0.05) is 21.6 Å². The van der Waals surface area contributed by atoms with Gasteiger partial charge in [-0.2, -0.15) is 0 Å². The Kier molecular flexibility index (Phi) is 4.48. The number of ether oxygens (including phenoxy) is 2. The van der Waals surface area contributed by atoms with E-state index in [0.717, 1.165) is 16.6 Å². The molecule has 0 unspecified atom stereocenters. The lowest BCUT2D eigenvalue weighted by atomic mass is 10.2. The molecule has 0 radical (unpaired) electrons. The first kappa shape index (κ1) is 14.2. The summed E-state index contributed by atoms with van der Waals surface area (Å²) in [5.74, 6) is -0.372. The van der Waals surface area contributed by atoms with Gasteiger partial charge in [-0.1, -0.05) is 17.7 Å². The quantitative estimate of drug-likeness (QED) is 0.406. The highest BCUT2D eigenvalue weighted by Crippen LogP contribution is 2.20. The monoisotopic (exact) mass is 291 g/mol. The highest BCUT2D eigenvalue weighted by atomic mass is 35.5. The average molecular weight is 292 g/mol. The van der Waals surface area contributed by atoms with Crippen molar-refractivity contribution in [2.45, 2.75) is 0 Å². The lowest BCUT2D eigenvalue weighted by molar-refractivity contribution is -0.139. The van der Waals surface area contributed by atoms with Crippen molar-refractivity contribution >= 4 is 34.5 Å². The van der Waals surface area contributed by atoms with Gasteiger partial charge in [-0.25, -0.2) is 4.79 Å². The molecule has 2 rings (SSSR count). The third-order valence-electron chi connectivity index (χ3n) is 2.73. The van der Waals surface area contributed by atoms with Crippen LogP contribution in [0.25, 0.3) is 17.0 Å². The van der Waals surface area contributed by atoms with Crippen molar-refractivity contribution in [2.75, 3.05) is 14.2 Å². The van der Waals surface area contributed by atoms with Gasteiger partial charge in [0.2, 0.25) is 5.76 Å². The van der Waals surface area contributed by atoms with Crippen LogP contribution in [0.3, 0.4) is 0 Å². The van der Waals surface area contributed by atoms with E-state index in [-0.39, 0.29) is 5.76 Å². The number of rotatable bonds is 4. The van der Waals surface area contributed by atoms with E-state index in [2.05, 4.69) is 9.72 Å². The zero-order valence-electron chi connectivity index (χ0n) is 11.1. The third-order valence-corrected chi connectivity index (χ3v) is 2.97. The Balaban J connectivity index is 2.21. The largest absolute Gasteiger partial charge is 0.490 e. The minimum atomic E-state index is -0.513. The number of allylic oxidation sites excluding steroid dienone is 2. The van der Waals surface area contributed by atoms with Crippen LogP contribution in [0.5, 0.6) is 0 Å². The summed E-state index contributed by atoms with van der Waals surface area (Å²) in [4.78, 5) is 14.5. The van der Waals surface area contributed by atoms with Crippen molar-refractivity contribution in [3.05, 3.63) is 52.9 Å². The zero-order valence-corrected chi connectivity index (χ0v) is 11.9. The Labute approximate surface area is 121 Å². The summed E-state index contributed by atoms with van der Waals surface area (Å²) in [6, 6.07) is 7.60. The number of aromatic amines is 1. The number of methoxy groups -OCH3 is 2. The van der Waals surface area contributed by atoms with E-state index < -0.39 is 5.97 Å². The number of esters is 1. The number of nitrogens with one attached hydrogen (secondary N) is 1. The molecular weight excluding hydrogens is 278 g/mol. The van der Waals surface area contributed by atoms with E-state index in [1.807, 2.05) is 30.3 Å². The molecule has 1 heterocycles. The zero-order chi connectivity index (χ0) is 14.5. The normalized spacial score (nSPS) is 12.1. The summed E-state index contributed by atoms with van der Waals surface area (Å²) < 4.78 is 9.50. The maximum Gasteiger partial charge on any atom is 0.373 e. The maximum atomic E-state index is 11.3. The van der Waals surface area contributed by atoms with Gasteiger partial charge in [0.25, 0.3) is 0 Å². The predicted octanol–water partition coefficient (Wildman–Crippen LogP) is 3.54. The Bertz CT molecular complexity index is 685. The molecule has 0 spiro atoms. The lowest BCUT2D eigenvalue weighted by Gasteiger charge is -2.00. The predicted molar refractivity (Wildman–Crippen MR) is 79.5 cm³/mol. The standard InChI is InChI=1S/C15H14ClNO3/c1-19-14(15(18)20-2)5-3-4-12-9-10-8-11(16)6-7-13(10)17-12/h3-9,17H,1-2H3. The van der Waals surface area contributed by atoms with E-state index in [1.54, 1.807) is 12.2 Å². The van der Waals surface area contributed by atoms with Crippen molar-refractivity contribution in [3.63, 3.8) is 0 Å². The molecule has 5 heteroatoms. The van der Waals surface area contributed by atoms with Gasteiger partial charge in [0.15, 0.2) is 0 Å². The van der Waals surface area contributed by atoms with Crippen molar-refractivity contribution in [3.8, 4) is 0 Å². The molecule has 2 aromatic rings. The van der Waals surface area contributed by atoms with Gasteiger partial charge in [0.05, 0.1) is 14.2 Å². The molecular formula is C15H14ClNO3. The van der Waals surface area contributed by atoms with E-state index in [9.17, 15) is 4.79 Å². The fraction of sp³-hybridized carbons (Fsp3) is 0.133. The second-order valence-corrected chi connectivity index (χ2v) is 4.48. The first-order valence-electron chi connectivity index (χ1n) is 5.93. The number of hydrogen-bond donors (Lipinski definition) is 1. The van der Waals surface area contributed by atoms with Crippen LogP contribution in [-0.2, 0) is 14.3 Å². The van der Waals surface area contributed by atoms with Crippen LogP contribution in [0.1, 0.15) is 5.69 Å². The Morgan fingerprint density at radius 3 is 2.75 bits per heavy atom. The van der Waals surface area contributed by atoms with E-state index >= 15 is 0 Å². The second-order valence-electron chi connectivity index (χ2n) is 4.04. The van der Waals surface area contributed by atoms with Gasteiger partial charge in [-0.3, -0.25) is 0 Å². The summed E-state index contributed by atoms with van der Waals surface area (Å²) in [7, 11) is 2.72. The Morgan fingerprint density at radius 1 is 1.25 bits per heavy atom. The lowest BCUT2D eigenvalue weighted by Crippen LogP contribution is -2.05. The van der Waals surface area contributed by atoms with Crippen LogP contribution in [0.2, 0.25) is 5.02 Å².